The van der Waals surface area contributed by atoms with Gasteiger partial charge in [-0.05, 0) is 42.4 Å². The Labute approximate surface area is 167 Å². The summed E-state index contributed by atoms with van der Waals surface area (Å²) in [5.74, 6) is 1.61. The highest BCUT2D eigenvalue weighted by Gasteiger charge is 2.28. The molecule has 1 fully saturated rings. The number of benzene rings is 1. The molecule has 1 aromatic rings. The Morgan fingerprint density at radius 1 is 1.18 bits per heavy atom. The predicted octanol–water partition coefficient (Wildman–Crippen LogP) is 3.83. The number of carbonyl (C=O) groups is 2. The summed E-state index contributed by atoms with van der Waals surface area (Å²) in [5, 5.41) is 3.00. The van der Waals surface area contributed by atoms with Crippen molar-refractivity contribution in [3.63, 3.8) is 0 Å². The second-order valence-corrected chi connectivity index (χ2v) is 8.09. The second kappa shape index (κ2) is 10.3. The van der Waals surface area contributed by atoms with Gasteiger partial charge in [0.05, 0.1) is 19.3 Å². The van der Waals surface area contributed by atoms with E-state index in [-0.39, 0.29) is 18.6 Å². The minimum Gasteiger partial charge on any atom is -0.493 e. The number of hydrogen-bond acceptors (Lipinski definition) is 5. The smallest absolute Gasteiger partial charge is 0.338 e. The first-order chi connectivity index (χ1) is 13.3. The van der Waals surface area contributed by atoms with Crippen molar-refractivity contribution in [2.45, 2.75) is 53.0 Å². The molecular formula is C22H33NO5. The minimum absolute atomic E-state index is 0.146. The molecule has 156 valence electrons. The topological polar surface area (TPSA) is 73.9 Å². The highest BCUT2D eigenvalue weighted by molar-refractivity contribution is 5.92. The first-order valence-corrected chi connectivity index (χ1v) is 10.1. The predicted molar refractivity (Wildman–Crippen MR) is 108 cm³/mol. The van der Waals surface area contributed by atoms with Gasteiger partial charge < -0.3 is 19.5 Å². The van der Waals surface area contributed by atoms with Gasteiger partial charge in [-0.3, -0.25) is 4.79 Å². The number of hydrogen-bond donors (Lipinski definition) is 1. The van der Waals surface area contributed by atoms with Crippen molar-refractivity contribution < 1.29 is 23.8 Å². The summed E-state index contributed by atoms with van der Waals surface area (Å²) >= 11 is 0. The Kier molecular flexibility index (Phi) is 8.15. The number of amides is 1. The van der Waals surface area contributed by atoms with Gasteiger partial charge in [-0.15, -0.1) is 0 Å². The number of nitrogens with one attached hydrogen (secondary N) is 1. The third kappa shape index (κ3) is 6.14. The van der Waals surface area contributed by atoms with E-state index < -0.39 is 5.97 Å². The van der Waals surface area contributed by atoms with Crippen molar-refractivity contribution in [2.75, 3.05) is 20.3 Å². The van der Waals surface area contributed by atoms with Gasteiger partial charge >= 0.3 is 5.97 Å². The van der Waals surface area contributed by atoms with E-state index in [0.29, 0.717) is 41.4 Å². The number of methoxy groups -OCH3 is 1. The standard InChI is InChI=1S/C22H33NO5/c1-14(2)12-27-19-10-9-17(11-20(19)26-5)22(25)28-13-21(24)23-18-8-6-7-15(3)16(18)4/h9-11,14-16,18H,6-8,12-13H2,1-5H3,(H,23,24)/t15-,16-,18-/m1/s1. The van der Waals surface area contributed by atoms with Gasteiger partial charge in [-0.1, -0.05) is 40.5 Å². The van der Waals surface area contributed by atoms with Gasteiger partial charge in [-0.25, -0.2) is 4.79 Å². The molecule has 0 bridgehead atoms. The van der Waals surface area contributed by atoms with E-state index in [1.165, 1.54) is 13.5 Å². The Hall–Kier alpha value is -2.24. The summed E-state index contributed by atoms with van der Waals surface area (Å²) in [6.07, 6.45) is 3.28. The molecule has 0 heterocycles. The molecule has 6 heteroatoms. The molecule has 1 aliphatic rings. The fraction of sp³-hybridized carbons (Fsp3) is 0.636. The normalized spacial score (nSPS) is 21.9. The van der Waals surface area contributed by atoms with E-state index in [9.17, 15) is 9.59 Å². The number of rotatable bonds is 8. The van der Waals surface area contributed by atoms with Crippen LogP contribution in [-0.2, 0) is 9.53 Å². The van der Waals surface area contributed by atoms with Crippen LogP contribution < -0.4 is 14.8 Å². The fourth-order valence-electron chi connectivity index (χ4n) is 3.42. The number of carbonyl (C=O) groups excluding carboxylic acids is 2. The summed E-state index contributed by atoms with van der Waals surface area (Å²) in [6, 6.07) is 5.01. The van der Waals surface area contributed by atoms with Gasteiger partial charge in [0, 0.05) is 6.04 Å². The van der Waals surface area contributed by atoms with Crippen molar-refractivity contribution in [1.82, 2.24) is 5.32 Å². The molecule has 0 aromatic heterocycles. The molecule has 0 spiro atoms. The minimum atomic E-state index is -0.561. The zero-order valence-corrected chi connectivity index (χ0v) is 17.6. The Morgan fingerprint density at radius 3 is 2.61 bits per heavy atom. The lowest BCUT2D eigenvalue weighted by atomic mass is 9.78. The molecule has 1 aliphatic carbocycles. The maximum absolute atomic E-state index is 12.3. The van der Waals surface area contributed by atoms with Crippen LogP contribution in [0.5, 0.6) is 11.5 Å². The van der Waals surface area contributed by atoms with Crippen LogP contribution in [-0.4, -0.2) is 38.2 Å². The Bertz CT molecular complexity index is 673. The SMILES string of the molecule is COc1cc(C(=O)OCC(=O)N[C@@H]2CCC[C@@H](C)[C@H]2C)ccc1OCC(C)C. The molecule has 28 heavy (non-hydrogen) atoms. The van der Waals surface area contributed by atoms with Crippen LogP contribution in [0.3, 0.4) is 0 Å². The lowest BCUT2D eigenvalue weighted by Crippen LogP contribution is -2.45. The highest BCUT2D eigenvalue weighted by Crippen LogP contribution is 2.30. The molecule has 1 amide bonds. The molecule has 1 aromatic carbocycles. The van der Waals surface area contributed by atoms with Crippen LogP contribution in [0.25, 0.3) is 0 Å². The number of ether oxygens (including phenoxy) is 3. The second-order valence-electron chi connectivity index (χ2n) is 8.09. The van der Waals surface area contributed by atoms with E-state index >= 15 is 0 Å². The lowest BCUT2D eigenvalue weighted by molar-refractivity contribution is -0.125. The molecule has 0 saturated heterocycles. The average molecular weight is 392 g/mol. The van der Waals surface area contributed by atoms with Crippen LogP contribution in [0.15, 0.2) is 18.2 Å². The molecule has 0 radical (unpaired) electrons. The highest BCUT2D eigenvalue weighted by atomic mass is 16.5. The first-order valence-electron chi connectivity index (χ1n) is 10.1. The van der Waals surface area contributed by atoms with Crippen LogP contribution in [0.2, 0.25) is 0 Å². The molecule has 3 atom stereocenters. The van der Waals surface area contributed by atoms with Crippen LogP contribution in [0, 0.1) is 17.8 Å². The third-order valence-electron chi connectivity index (χ3n) is 5.36. The summed E-state index contributed by atoms with van der Waals surface area (Å²) in [5.41, 5.74) is 0.321. The summed E-state index contributed by atoms with van der Waals surface area (Å²) in [6.45, 7) is 8.75. The quantitative estimate of drug-likeness (QED) is 0.682. The lowest BCUT2D eigenvalue weighted by Gasteiger charge is -2.34. The molecule has 0 aliphatic heterocycles. The van der Waals surface area contributed by atoms with Crippen molar-refractivity contribution in [2.24, 2.45) is 17.8 Å². The molecule has 6 nitrogen and oxygen atoms in total. The molecule has 1 N–H and O–H groups in total. The molecule has 1 saturated carbocycles. The van der Waals surface area contributed by atoms with Crippen molar-refractivity contribution in [3.8, 4) is 11.5 Å². The largest absolute Gasteiger partial charge is 0.493 e. The van der Waals surface area contributed by atoms with Gasteiger partial charge in [0.2, 0.25) is 0 Å². The summed E-state index contributed by atoms with van der Waals surface area (Å²) in [4.78, 5) is 24.5. The van der Waals surface area contributed by atoms with Gasteiger partial charge in [0.1, 0.15) is 0 Å². The van der Waals surface area contributed by atoms with Crippen molar-refractivity contribution in [3.05, 3.63) is 23.8 Å². The maximum atomic E-state index is 12.3. The van der Waals surface area contributed by atoms with Crippen molar-refractivity contribution >= 4 is 11.9 Å². The van der Waals surface area contributed by atoms with Crippen LogP contribution in [0.4, 0.5) is 0 Å². The Balaban J connectivity index is 1.89. The molecule has 0 unspecified atom stereocenters. The van der Waals surface area contributed by atoms with E-state index in [1.54, 1.807) is 18.2 Å². The van der Waals surface area contributed by atoms with Gasteiger partial charge in [-0.2, -0.15) is 0 Å². The summed E-state index contributed by atoms with van der Waals surface area (Å²) in [7, 11) is 1.52. The van der Waals surface area contributed by atoms with Crippen LogP contribution in [0.1, 0.15) is 57.3 Å². The monoisotopic (exact) mass is 391 g/mol. The van der Waals surface area contributed by atoms with Gasteiger partial charge in [0.15, 0.2) is 18.1 Å². The first kappa shape index (κ1) is 22.1. The fourth-order valence-corrected chi connectivity index (χ4v) is 3.42. The average Bonchev–Trinajstić information content (AvgIpc) is 2.67. The van der Waals surface area contributed by atoms with Crippen molar-refractivity contribution in [1.29, 1.82) is 0 Å². The van der Waals surface area contributed by atoms with Gasteiger partial charge in [0.25, 0.3) is 5.91 Å². The van der Waals surface area contributed by atoms with E-state index in [0.717, 1.165) is 12.8 Å². The van der Waals surface area contributed by atoms with E-state index in [2.05, 4.69) is 33.0 Å². The van der Waals surface area contributed by atoms with Crippen LogP contribution >= 0.6 is 0 Å². The Morgan fingerprint density at radius 2 is 1.93 bits per heavy atom. The maximum Gasteiger partial charge on any atom is 0.338 e. The third-order valence-corrected chi connectivity index (χ3v) is 5.36. The zero-order valence-electron chi connectivity index (χ0n) is 17.6. The number of esters is 1. The molecule has 2 rings (SSSR count). The summed E-state index contributed by atoms with van der Waals surface area (Å²) < 4.78 is 16.2. The van der Waals surface area contributed by atoms with E-state index in [4.69, 9.17) is 14.2 Å². The van der Waals surface area contributed by atoms with E-state index in [1.807, 2.05) is 0 Å². The zero-order chi connectivity index (χ0) is 20.7. The molecular weight excluding hydrogens is 358 g/mol.